The molecule has 0 amide bonds. The van der Waals surface area contributed by atoms with Gasteiger partial charge in [-0.1, -0.05) is 0 Å². The second-order valence-corrected chi connectivity index (χ2v) is 7.88. The molecule has 2 atom stereocenters. The summed E-state index contributed by atoms with van der Waals surface area (Å²) in [6.07, 6.45) is -3.99. The molecule has 0 spiro atoms. The van der Waals surface area contributed by atoms with E-state index in [0.29, 0.717) is 41.9 Å². The zero-order valence-corrected chi connectivity index (χ0v) is 17.8. The highest BCUT2D eigenvalue weighted by Crippen LogP contribution is 2.35. The van der Waals surface area contributed by atoms with Crippen LogP contribution in [0.4, 0.5) is 24.7 Å². The van der Waals surface area contributed by atoms with E-state index in [1.807, 2.05) is 12.1 Å². The van der Waals surface area contributed by atoms with E-state index in [1.165, 1.54) is 0 Å². The predicted molar refractivity (Wildman–Crippen MR) is 114 cm³/mol. The molecule has 0 aliphatic carbocycles. The average molecular weight is 462 g/mol. The molecule has 174 valence electrons. The van der Waals surface area contributed by atoms with Gasteiger partial charge in [-0.05, 0) is 43.7 Å². The lowest BCUT2D eigenvalue weighted by Gasteiger charge is -2.19. The highest BCUT2D eigenvalue weighted by atomic mass is 19.4. The van der Waals surface area contributed by atoms with Crippen LogP contribution in [-0.2, 0) is 10.9 Å². The van der Waals surface area contributed by atoms with E-state index in [9.17, 15) is 23.3 Å². The lowest BCUT2D eigenvalue weighted by molar-refractivity contribution is -0.385. The van der Waals surface area contributed by atoms with Crippen molar-refractivity contribution in [3.63, 3.8) is 0 Å². The van der Waals surface area contributed by atoms with Crippen molar-refractivity contribution in [1.82, 2.24) is 10.2 Å². The van der Waals surface area contributed by atoms with Crippen LogP contribution in [0.2, 0.25) is 0 Å². The number of ether oxygens (including phenoxy) is 2. The molecule has 11 heteroatoms. The van der Waals surface area contributed by atoms with Crippen LogP contribution in [-0.4, -0.2) is 34.4 Å². The van der Waals surface area contributed by atoms with Crippen LogP contribution in [0.15, 0.2) is 36.4 Å². The Hall–Kier alpha value is -3.47. The maximum Gasteiger partial charge on any atom is 0.416 e. The summed E-state index contributed by atoms with van der Waals surface area (Å²) in [5.74, 6) is 0.937. The fourth-order valence-electron chi connectivity index (χ4n) is 3.69. The fourth-order valence-corrected chi connectivity index (χ4v) is 3.69. The van der Waals surface area contributed by atoms with Crippen LogP contribution in [0.1, 0.15) is 36.2 Å². The fraction of sp³-hybridized carbons (Fsp3) is 0.364. The van der Waals surface area contributed by atoms with Gasteiger partial charge in [0.15, 0.2) is 5.82 Å². The lowest BCUT2D eigenvalue weighted by Crippen LogP contribution is -2.15. The van der Waals surface area contributed by atoms with Crippen molar-refractivity contribution in [2.45, 2.75) is 38.6 Å². The van der Waals surface area contributed by atoms with Crippen LogP contribution < -0.4 is 10.1 Å². The SMILES string of the molecule is Cc1nnc(N[C@H](C)c2cc([N+](=O)[O-])cc(C(F)(F)F)c2)c2cc(OC3CCOC3)ccc12. The number of alkyl halides is 3. The third kappa shape index (κ3) is 4.98. The first-order valence-corrected chi connectivity index (χ1v) is 10.3. The number of nitrogens with zero attached hydrogens (tertiary/aromatic N) is 3. The summed E-state index contributed by atoms with van der Waals surface area (Å²) in [5.41, 5.74) is -0.950. The van der Waals surface area contributed by atoms with Crippen molar-refractivity contribution in [3.8, 4) is 5.75 Å². The minimum absolute atomic E-state index is 0.0562. The monoisotopic (exact) mass is 462 g/mol. The van der Waals surface area contributed by atoms with E-state index < -0.39 is 28.4 Å². The number of fused-ring (bicyclic) bond motifs is 1. The highest BCUT2D eigenvalue weighted by molar-refractivity contribution is 5.94. The molecule has 1 saturated heterocycles. The number of aryl methyl sites for hydroxylation is 1. The summed E-state index contributed by atoms with van der Waals surface area (Å²) in [7, 11) is 0. The van der Waals surface area contributed by atoms with Gasteiger partial charge in [0.25, 0.3) is 5.69 Å². The Morgan fingerprint density at radius 2 is 2.00 bits per heavy atom. The molecular formula is C22H21F3N4O4. The molecule has 0 bridgehead atoms. The van der Waals surface area contributed by atoms with E-state index >= 15 is 0 Å². The second-order valence-electron chi connectivity index (χ2n) is 7.88. The van der Waals surface area contributed by atoms with Crippen molar-refractivity contribution >= 4 is 22.3 Å². The minimum Gasteiger partial charge on any atom is -0.488 e. The van der Waals surface area contributed by atoms with E-state index in [2.05, 4.69) is 15.5 Å². The smallest absolute Gasteiger partial charge is 0.416 e. The molecular weight excluding hydrogens is 441 g/mol. The number of nitro groups is 1. The van der Waals surface area contributed by atoms with Gasteiger partial charge in [0.2, 0.25) is 0 Å². The molecule has 33 heavy (non-hydrogen) atoms. The molecule has 2 heterocycles. The summed E-state index contributed by atoms with van der Waals surface area (Å²) in [6.45, 7) is 4.53. The number of nitro benzene ring substituents is 1. The molecule has 1 aliphatic heterocycles. The molecule has 4 rings (SSSR count). The first-order chi connectivity index (χ1) is 15.6. The van der Waals surface area contributed by atoms with Crippen LogP contribution in [0.5, 0.6) is 5.75 Å². The van der Waals surface area contributed by atoms with Gasteiger partial charge in [0.1, 0.15) is 11.9 Å². The standard InChI is InChI=1S/C22H21F3N4O4/c1-12(14-7-15(22(23,24)25)9-16(8-14)29(30)31)26-21-20-10-17(33-18-5-6-32-11-18)3-4-19(20)13(2)27-28-21/h3-4,7-10,12,18H,5-6,11H2,1-2H3,(H,26,28)/t12-,18?/m1/s1. The number of halogens is 3. The third-order valence-corrected chi connectivity index (χ3v) is 5.46. The van der Waals surface area contributed by atoms with Gasteiger partial charge in [-0.15, -0.1) is 5.10 Å². The van der Waals surface area contributed by atoms with Crippen molar-refractivity contribution in [1.29, 1.82) is 0 Å². The van der Waals surface area contributed by atoms with Gasteiger partial charge in [0, 0.05) is 29.3 Å². The van der Waals surface area contributed by atoms with Gasteiger partial charge in [-0.3, -0.25) is 10.1 Å². The van der Waals surface area contributed by atoms with Gasteiger partial charge >= 0.3 is 6.18 Å². The second kappa shape index (κ2) is 8.81. The van der Waals surface area contributed by atoms with E-state index in [-0.39, 0.29) is 11.7 Å². The Kier molecular flexibility index (Phi) is 6.07. The summed E-state index contributed by atoms with van der Waals surface area (Å²) in [6, 6.07) is 7.26. The number of rotatable bonds is 6. The van der Waals surface area contributed by atoms with E-state index in [1.54, 1.807) is 19.9 Å². The predicted octanol–water partition coefficient (Wildman–Crippen LogP) is 5.21. The van der Waals surface area contributed by atoms with E-state index in [4.69, 9.17) is 9.47 Å². The summed E-state index contributed by atoms with van der Waals surface area (Å²) in [5, 5.41) is 24.0. The van der Waals surface area contributed by atoms with Gasteiger partial charge in [-0.2, -0.15) is 18.3 Å². The number of anilines is 1. The lowest BCUT2D eigenvalue weighted by atomic mass is 10.0. The first-order valence-electron chi connectivity index (χ1n) is 10.3. The summed E-state index contributed by atoms with van der Waals surface area (Å²) in [4.78, 5) is 10.3. The number of nitrogens with one attached hydrogen (secondary N) is 1. The zero-order valence-electron chi connectivity index (χ0n) is 17.8. The summed E-state index contributed by atoms with van der Waals surface area (Å²) < 4.78 is 51.1. The van der Waals surface area contributed by atoms with E-state index in [0.717, 1.165) is 23.9 Å². The third-order valence-electron chi connectivity index (χ3n) is 5.46. The van der Waals surface area contributed by atoms with Gasteiger partial charge in [-0.25, -0.2) is 0 Å². The molecule has 1 aliphatic rings. The van der Waals surface area contributed by atoms with Crippen molar-refractivity contribution in [2.24, 2.45) is 0 Å². The maximum absolute atomic E-state index is 13.3. The molecule has 3 aromatic rings. The van der Waals surface area contributed by atoms with Gasteiger partial charge < -0.3 is 14.8 Å². The molecule has 8 nitrogen and oxygen atoms in total. The number of aromatic nitrogens is 2. The first kappa shape index (κ1) is 22.7. The molecule has 0 saturated carbocycles. The van der Waals surface area contributed by atoms with Crippen molar-refractivity contribution in [2.75, 3.05) is 18.5 Å². The molecule has 2 aromatic carbocycles. The van der Waals surface area contributed by atoms with Crippen molar-refractivity contribution < 1.29 is 27.6 Å². The Balaban J connectivity index is 1.68. The highest BCUT2D eigenvalue weighted by Gasteiger charge is 2.33. The van der Waals surface area contributed by atoms with Crippen LogP contribution in [0, 0.1) is 17.0 Å². The number of benzene rings is 2. The number of non-ortho nitro benzene ring substituents is 1. The Labute approximate surface area is 186 Å². The summed E-state index contributed by atoms with van der Waals surface area (Å²) >= 11 is 0. The Bertz CT molecular complexity index is 1200. The normalized spacial score (nSPS) is 17.2. The van der Waals surface area contributed by atoms with Crippen LogP contribution in [0.25, 0.3) is 10.8 Å². The number of hydrogen-bond acceptors (Lipinski definition) is 7. The zero-order chi connectivity index (χ0) is 23.8. The Morgan fingerprint density at radius 3 is 2.67 bits per heavy atom. The Morgan fingerprint density at radius 1 is 1.21 bits per heavy atom. The quantitative estimate of drug-likeness (QED) is 0.397. The molecule has 1 N–H and O–H groups in total. The maximum atomic E-state index is 13.3. The van der Waals surface area contributed by atoms with Crippen LogP contribution in [0.3, 0.4) is 0 Å². The average Bonchev–Trinajstić information content (AvgIpc) is 3.27. The molecule has 0 radical (unpaired) electrons. The van der Waals surface area contributed by atoms with Gasteiger partial charge in [0.05, 0.1) is 35.4 Å². The van der Waals surface area contributed by atoms with Crippen LogP contribution >= 0.6 is 0 Å². The molecule has 1 fully saturated rings. The van der Waals surface area contributed by atoms with Crippen molar-refractivity contribution in [3.05, 3.63) is 63.3 Å². The topological polar surface area (TPSA) is 99.4 Å². The number of hydrogen-bond donors (Lipinski definition) is 1. The molecule has 1 unspecified atom stereocenters. The molecule has 1 aromatic heterocycles. The minimum atomic E-state index is -4.72. The largest absolute Gasteiger partial charge is 0.488 e.